The van der Waals surface area contributed by atoms with Crippen molar-refractivity contribution >= 4 is 46.1 Å². The maximum absolute atomic E-state index is 5.48. The number of likely N-dealkylation sites (tertiary alicyclic amines) is 1. The van der Waals surface area contributed by atoms with Gasteiger partial charge in [-0.3, -0.25) is 4.90 Å². The molecule has 2 fully saturated rings. The van der Waals surface area contributed by atoms with Gasteiger partial charge in [0.05, 0.1) is 7.11 Å². The molecule has 1 atom stereocenters. The molecule has 2 aromatic rings. The molecule has 0 bridgehead atoms. The Kier molecular flexibility index (Phi) is 9.43. The second-order valence-corrected chi connectivity index (χ2v) is 9.99. The number of nitrogens with one attached hydrogen (secondary N) is 3. The van der Waals surface area contributed by atoms with Crippen LogP contribution in [-0.4, -0.2) is 58.7 Å². The average molecular weight is 580 g/mol. The number of anilines is 4. The lowest BCUT2D eigenvalue weighted by molar-refractivity contribution is 0.277. The number of likely N-dealkylation sites (N-methyl/N-ethyl adjacent to an activating group) is 1. The Morgan fingerprint density at radius 2 is 1.76 bits per heavy atom. The van der Waals surface area contributed by atoms with Gasteiger partial charge in [0.1, 0.15) is 5.75 Å². The van der Waals surface area contributed by atoms with Crippen LogP contribution in [0.25, 0.3) is 0 Å². The zero-order valence-corrected chi connectivity index (χ0v) is 22.6. The van der Waals surface area contributed by atoms with Crippen LogP contribution in [0.5, 0.6) is 5.75 Å². The monoisotopic (exact) mass is 579 g/mol. The zero-order valence-electron chi connectivity index (χ0n) is 20.4. The van der Waals surface area contributed by atoms with Crippen molar-refractivity contribution in [1.82, 2.24) is 19.9 Å². The first kappa shape index (κ1) is 25.2. The van der Waals surface area contributed by atoms with Crippen molar-refractivity contribution < 1.29 is 4.74 Å². The quantitative estimate of drug-likeness (QED) is 0.191. The molecule has 1 aliphatic heterocycles. The first-order chi connectivity index (χ1) is 16.7. The zero-order chi connectivity index (χ0) is 23.8. The van der Waals surface area contributed by atoms with Gasteiger partial charge in [0.2, 0.25) is 17.8 Å². The van der Waals surface area contributed by atoms with Crippen LogP contribution in [0.15, 0.2) is 18.2 Å². The number of halogens is 1. The van der Waals surface area contributed by atoms with Gasteiger partial charge in [-0.25, -0.2) is 0 Å². The van der Waals surface area contributed by atoms with Crippen LogP contribution in [-0.2, 0) is 4.43 Å². The smallest absolute Gasteiger partial charge is 0.233 e. The Balaban J connectivity index is 1.53. The maximum Gasteiger partial charge on any atom is 0.233 e. The molecular formula is C25H38IN7O. The molecular weight excluding hydrogens is 541 g/mol. The van der Waals surface area contributed by atoms with Gasteiger partial charge in [-0.1, -0.05) is 55.2 Å². The fourth-order valence-corrected chi connectivity index (χ4v) is 5.62. The van der Waals surface area contributed by atoms with Gasteiger partial charge in [-0.2, -0.15) is 15.0 Å². The predicted octanol–water partition coefficient (Wildman–Crippen LogP) is 5.59. The minimum absolute atomic E-state index is 0.419. The molecule has 34 heavy (non-hydrogen) atoms. The molecule has 1 saturated heterocycles. The number of ether oxygens (including phenoxy) is 1. The minimum atomic E-state index is 0.419. The third-order valence-electron chi connectivity index (χ3n) is 6.91. The summed E-state index contributed by atoms with van der Waals surface area (Å²) < 4.78 is 6.34. The SMILES string of the molecule is CCN1CCCC1CNc1nc(Nc2ccc(OC)c(CI)c2)nc(NC2CCCCCC2)n1. The van der Waals surface area contributed by atoms with E-state index in [4.69, 9.17) is 19.7 Å². The maximum atomic E-state index is 5.48. The number of rotatable bonds is 10. The second-order valence-electron chi connectivity index (χ2n) is 9.23. The Bertz CT molecular complexity index is 920. The van der Waals surface area contributed by atoms with E-state index in [0.717, 1.165) is 34.5 Å². The van der Waals surface area contributed by atoms with Crippen LogP contribution in [0, 0.1) is 0 Å². The van der Waals surface area contributed by atoms with Crippen LogP contribution in [0.2, 0.25) is 0 Å². The van der Waals surface area contributed by atoms with E-state index in [2.05, 4.69) is 56.4 Å². The topological polar surface area (TPSA) is 87.2 Å². The largest absolute Gasteiger partial charge is 0.496 e. The minimum Gasteiger partial charge on any atom is -0.496 e. The molecule has 8 nitrogen and oxygen atoms in total. The molecule has 186 valence electrons. The van der Waals surface area contributed by atoms with E-state index in [1.165, 1.54) is 57.9 Å². The van der Waals surface area contributed by atoms with Gasteiger partial charge in [-0.15, -0.1) is 0 Å². The number of benzene rings is 1. The highest BCUT2D eigenvalue weighted by Crippen LogP contribution is 2.27. The fourth-order valence-electron chi connectivity index (χ4n) is 5.02. The molecule has 0 amide bonds. The van der Waals surface area contributed by atoms with Gasteiger partial charge in [0.15, 0.2) is 0 Å². The fraction of sp³-hybridized carbons (Fsp3) is 0.640. The van der Waals surface area contributed by atoms with Gasteiger partial charge in [0.25, 0.3) is 0 Å². The molecule has 1 saturated carbocycles. The van der Waals surface area contributed by atoms with E-state index < -0.39 is 0 Å². The summed E-state index contributed by atoms with van der Waals surface area (Å²) in [6.45, 7) is 5.35. The Hall–Kier alpha value is -1.88. The third-order valence-corrected chi connectivity index (χ3v) is 7.73. The number of aromatic nitrogens is 3. The average Bonchev–Trinajstić information content (AvgIpc) is 3.17. The molecule has 2 aliphatic rings. The highest BCUT2D eigenvalue weighted by molar-refractivity contribution is 14.1. The third kappa shape index (κ3) is 6.84. The second kappa shape index (κ2) is 12.7. The van der Waals surface area contributed by atoms with E-state index in [1.54, 1.807) is 7.11 Å². The summed E-state index contributed by atoms with van der Waals surface area (Å²) in [4.78, 5) is 16.7. The molecule has 1 aromatic carbocycles. The highest BCUT2D eigenvalue weighted by Gasteiger charge is 2.23. The van der Waals surface area contributed by atoms with Crippen molar-refractivity contribution in [1.29, 1.82) is 0 Å². The van der Waals surface area contributed by atoms with Crippen molar-refractivity contribution in [2.45, 2.75) is 74.8 Å². The van der Waals surface area contributed by atoms with E-state index >= 15 is 0 Å². The lowest BCUT2D eigenvalue weighted by Crippen LogP contribution is -2.35. The summed E-state index contributed by atoms with van der Waals surface area (Å²) in [6.07, 6.45) is 9.98. The first-order valence-corrected chi connectivity index (χ1v) is 14.2. The summed E-state index contributed by atoms with van der Waals surface area (Å²) in [5, 5.41) is 10.5. The lowest BCUT2D eigenvalue weighted by Gasteiger charge is -2.23. The Labute approximate surface area is 217 Å². The summed E-state index contributed by atoms with van der Waals surface area (Å²) in [6, 6.07) is 7.03. The van der Waals surface area contributed by atoms with Crippen molar-refractivity contribution in [2.75, 3.05) is 42.7 Å². The first-order valence-electron chi connectivity index (χ1n) is 12.7. The number of hydrogen-bond acceptors (Lipinski definition) is 8. The molecule has 0 spiro atoms. The standard InChI is InChI=1S/C25H38IN7O/c1-3-33-14-8-11-21(33)17-27-23-30-24(28-19-9-6-4-5-7-10-19)32-25(31-23)29-20-12-13-22(34-2)18(15-20)16-26/h12-13,15,19,21H,3-11,14,16-17H2,1-2H3,(H3,27,28,29,30,31,32). The number of methoxy groups -OCH3 is 1. The number of hydrogen-bond donors (Lipinski definition) is 3. The molecule has 9 heteroatoms. The van der Waals surface area contributed by atoms with E-state index in [9.17, 15) is 0 Å². The molecule has 4 rings (SSSR count). The summed E-state index contributed by atoms with van der Waals surface area (Å²) in [5.41, 5.74) is 2.08. The predicted molar refractivity (Wildman–Crippen MR) is 148 cm³/mol. The Morgan fingerprint density at radius 1 is 1.00 bits per heavy atom. The number of alkyl halides is 1. The molecule has 1 aliphatic carbocycles. The van der Waals surface area contributed by atoms with Crippen molar-refractivity contribution in [3.63, 3.8) is 0 Å². The highest BCUT2D eigenvalue weighted by atomic mass is 127. The van der Waals surface area contributed by atoms with Gasteiger partial charge >= 0.3 is 0 Å². The van der Waals surface area contributed by atoms with Crippen LogP contribution in [0.3, 0.4) is 0 Å². The van der Waals surface area contributed by atoms with Gasteiger partial charge in [0, 0.05) is 34.3 Å². The lowest BCUT2D eigenvalue weighted by atomic mass is 10.1. The summed E-state index contributed by atoms with van der Waals surface area (Å²) in [7, 11) is 1.71. The molecule has 1 unspecified atom stereocenters. The van der Waals surface area contributed by atoms with Gasteiger partial charge < -0.3 is 20.7 Å². The summed E-state index contributed by atoms with van der Waals surface area (Å²) >= 11 is 2.36. The van der Waals surface area contributed by atoms with Crippen molar-refractivity contribution in [2.24, 2.45) is 0 Å². The van der Waals surface area contributed by atoms with Crippen LogP contribution in [0.1, 0.15) is 63.9 Å². The van der Waals surface area contributed by atoms with Crippen LogP contribution >= 0.6 is 22.6 Å². The van der Waals surface area contributed by atoms with Crippen LogP contribution < -0.4 is 20.7 Å². The Morgan fingerprint density at radius 3 is 2.50 bits per heavy atom. The summed E-state index contributed by atoms with van der Waals surface area (Å²) in [5.74, 6) is 2.72. The van der Waals surface area contributed by atoms with E-state index in [-0.39, 0.29) is 0 Å². The van der Waals surface area contributed by atoms with Crippen LogP contribution in [0.4, 0.5) is 23.5 Å². The van der Waals surface area contributed by atoms with Gasteiger partial charge in [-0.05, 0) is 57.0 Å². The normalized spacial score (nSPS) is 19.6. The molecule has 3 N–H and O–H groups in total. The van der Waals surface area contributed by atoms with Crippen molar-refractivity contribution in [3.8, 4) is 5.75 Å². The van der Waals surface area contributed by atoms with Crippen molar-refractivity contribution in [3.05, 3.63) is 23.8 Å². The molecule has 0 radical (unpaired) electrons. The number of nitrogens with zero attached hydrogens (tertiary/aromatic N) is 4. The van der Waals surface area contributed by atoms with E-state index in [0.29, 0.717) is 29.9 Å². The van der Waals surface area contributed by atoms with E-state index in [1.807, 2.05) is 12.1 Å². The molecule has 1 aromatic heterocycles. The molecule has 2 heterocycles.